The molecule has 0 radical (unpaired) electrons. The lowest BCUT2D eigenvalue weighted by molar-refractivity contribution is 0.0953. The Bertz CT molecular complexity index is 1280. The van der Waals surface area contributed by atoms with E-state index in [0.29, 0.717) is 45.4 Å². The number of hydrogen-bond acceptors (Lipinski definition) is 5. The number of nitrogens with two attached hydrogens (primary N) is 1. The summed E-state index contributed by atoms with van der Waals surface area (Å²) in [5.74, 6) is 0.226. The molecule has 4 aromatic rings. The van der Waals surface area contributed by atoms with Gasteiger partial charge in [-0.3, -0.25) is 4.79 Å². The third kappa shape index (κ3) is 3.72. The van der Waals surface area contributed by atoms with Crippen molar-refractivity contribution in [3.63, 3.8) is 0 Å². The van der Waals surface area contributed by atoms with Crippen molar-refractivity contribution >= 4 is 45.3 Å². The normalized spacial score (nSPS) is 12.0. The monoisotopic (exact) mass is 439 g/mol. The average Bonchev–Trinajstić information content (AvgIpc) is 3.27. The van der Waals surface area contributed by atoms with Crippen LogP contribution in [0.5, 0.6) is 0 Å². The molecule has 0 aliphatic rings. The summed E-state index contributed by atoms with van der Waals surface area (Å²) < 4.78 is 1.82. The van der Waals surface area contributed by atoms with Gasteiger partial charge in [-0.25, -0.2) is 14.6 Å². The molecule has 0 saturated carbocycles. The predicted octanol–water partition coefficient (Wildman–Crippen LogP) is 4.50. The second kappa shape index (κ2) is 7.85. The molecule has 3 aromatic heterocycles. The lowest BCUT2D eigenvalue weighted by Gasteiger charge is -2.19. The number of carbonyl (C=O) groups excluding carboxylic acids is 1. The molecule has 0 saturated heterocycles. The first-order valence-electron chi connectivity index (χ1n) is 10.3. The first-order valence-corrected chi connectivity index (χ1v) is 10.7. The van der Waals surface area contributed by atoms with Gasteiger partial charge in [-0.1, -0.05) is 31.0 Å². The Labute approximate surface area is 185 Å². The maximum absolute atomic E-state index is 12.5. The van der Waals surface area contributed by atoms with Crippen LogP contribution in [0, 0.1) is 0 Å². The van der Waals surface area contributed by atoms with Gasteiger partial charge in [-0.2, -0.15) is 5.10 Å². The van der Waals surface area contributed by atoms with E-state index >= 15 is 0 Å². The van der Waals surface area contributed by atoms with Crippen molar-refractivity contribution in [1.29, 1.82) is 0 Å². The molecule has 0 atom stereocenters. The number of unbranched alkanes of at least 4 members (excludes halogenated alkanes) is 1. The van der Waals surface area contributed by atoms with Crippen LogP contribution < -0.4 is 11.1 Å². The van der Waals surface area contributed by atoms with Crippen molar-refractivity contribution in [2.45, 2.75) is 46.1 Å². The van der Waals surface area contributed by atoms with Gasteiger partial charge in [-0.15, -0.1) is 0 Å². The summed E-state index contributed by atoms with van der Waals surface area (Å²) in [7, 11) is 0. The third-order valence-electron chi connectivity index (χ3n) is 5.18. The number of nitrogens with zero attached hydrogens (tertiary/aromatic N) is 4. The molecule has 4 N–H and O–H groups in total. The lowest BCUT2D eigenvalue weighted by Crippen LogP contribution is -2.24. The molecule has 3 heterocycles. The molecular weight excluding hydrogens is 414 g/mol. The minimum atomic E-state index is -0.320. The number of hydrogen-bond donors (Lipinski definition) is 3. The molecule has 0 bridgehead atoms. The van der Waals surface area contributed by atoms with Gasteiger partial charge < -0.3 is 16.0 Å². The van der Waals surface area contributed by atoms with Crippen LogP contribution in [-0.2, 0) is 5.54 Å². The molecular formula is C22H26ClN7O. The quantitative estimate of drug-likeness (QED) is 0.396. The van der Waals surface area contributed by atoms with Crippen molar-refractivity contribution in [3.8, 4) is 11.4 Å². The summed E-state index contributed by atoms with van der Waals surface area (Å²) in [5, 5.41) is 9.68. The number of amides is 1. The highest BCUT2D eigenvalue weighted by molar-refractivity contribution is 6.38. The highest BCUT2D eigenvalue weighted by Gasteiger charge is 2.26. The Morgan fingerprint density at radius 1 is 1.29 bits per heavy atom. The number of H-pyrrole nitrogens is 1. The van der Waals surface area contributed by atoms with Crippen molar-refractivity contribution in [2.24, 2.45) is 0 Å². The summed E-state index contributed by atoms with van der Waals surface area (Å²) >= 11 is 6.74. The van der Waals surface area contributed by atoms with Crippen LogP contribution in [0.4, 0.5) is 5.82 Å². The van der Waals surface area contributed by atoms with E-state index in [2.05, 4.69) is 27.2 Å². The van der Waals surface area contributed by atoms with Gasteiger partial charge in [0, 0.05) is 23.0 Å². The summed E-state index contributed by atoms with van der Waals surface area (Å²) in [4.78, 5) is 24.3. The Balaban J connectivity index is 1.85. The number of rotatable bonds is 5. The molecule has 8 nitrogen and oxygen atoms in total. The van der Waals surface area contributed by atoms with E-state index in [0.717, 1.165) is 23.7 Å². The van der Waals surface area contributed by atoms with Crippen molar-refractivity contribution in [2.75, 3.05) is 12.3 Å². The number of nitrogen functional groups attached to an aromatic ring is 1. The van der Waals surface area contributed by atoms with Gasteiger partial charge >= 0.3 is 0 Å². The summed E-state index contributed by atoms with van der Waals surface area (Å²) in [6.07, 6.45) is 3.40. The molecule has 0 spiro atoms. The third-order valence-corrected chi connectivity index (χ3v) is 5.57. The van der Waals surface area contributed by atoms with Crippen molar-refractivity contribution in [1.82, 2.24) is 30.0 Å². The van der Waals surface area contributed by atoms with Crippen molar-refractivity contribution in [3.05, 3.63) is 35.1 Å². The van der Waals surface area contributed by atoms with Crippen LogP contribution in [0.3, 0.4) is 0 Å². The first kappa shape index (κ1) is 21.1. The second-order valence-electron chi connectivity index (χ2n) is 8.57. The van der Waals surface area contributed by atoms with Gasteiger partial charge in [0.25, 0.3) is 5.91 Å². The van der Waals surface area contributed by atoms with Gasteiger partial charge in [0.15, 0.2) is 5.65 Å². The highest BCUT2D eigenvalue weighted by atomic mass is 35.5. The molecule has 1 aromatic carbocycles. The van der Waals surface area contributed by atoms with Gasteiger partial charge in [0.05, 0.1) is 21.6 Å². The lowest BCUT2D eigenvalue weighted by atomic mass is 10.1. The number of nitrogens with one attached hydrogen (secondary N) is 2. The van der Waals surface area contributed by atoms with Crippen LogP contribution in [0.2, 0.25) is 5.02 Å². The Morgan fingerprint density at radius 3 is 2.77 bits per heavy atom. The fourth-order valence-corrected chi connectivity index (χ4v) is 3.87. The van der Waals surface area contributed by atoms with E-state index in [1.54, 1.807) is 12.1 Å². The largest absolute Gasteiger partial charge is 0.383 e. The van der Waals surface area contributed by atoms with E-state index in [1.807, 2.05) is 31.5 Å². The van der Waals surface area contributed by atoms with Gasteiger partial charge in [-0.05, 0) is 39.3 Å². The number of benzene rings is 1. The molecule has 1 amide bonds. The molecule has 0 fully saturated rings. The maximum atomic E-state index is 12.5. The zero-order valence-electron chi connectivity index (χ0n) is 18.1. The number of anilines is 1. The number of fused-ring (bicyclic) bond motifs is 2. The smallest absolute Gasteiger partial charge is 0.251 e. The van der Waals surface area contributed by atoms with E-state index < -0.39 is 0 Å². The van der Waals surface area contributed by atoms with E-state index in [9.17, 15) is 4.79 Å². The fraction of sp³-hybridized carbons (Fsp3) is 0.364. The zero-order valence-corrected chi connectivity index (χ0v) is 18.8. The fourth-order valence-electron chi connectivity index (χ4n) is 3.57. The Kier molecular flexibility index (Phi) is 5.35. The van der Waals surface area contributed by atoms with E-state index in [4.69, 9.17) is 22.4 Å². The minimum Gasteiger partial charge on any atom is -0.383 e. The molecule has 31 heavy (non-hydrogen) atoms. The summed E-state index contributed by atoms with van der Waals surface area (Å²) in [6, 6.07) is 5.42. The minimum absolute atomic E-state index is 0.109. The van der Waals surface area contributed by atoms with Crippen LogP contribution in [0.1, 0.15) is 50.9 Å². The SMILES string of the molecule is CCCCNC(=O)c1ccc2c(Cl)c(-c3nn(C(C)(C)C)c4ncnc(N)c34)[nH]c2c1. The van der Waals surface area contributed by atoms with Crippen LogP contribution >= 0.6 is 11.6 Å². The second-order valence-corrected chi connectivity index (χ2v) is 8.95. The van der Waals surface area contributed by atoms with Crippen LogP contribution in [0.25, 0.3) is 33.3 Å². The molecule has 162 valence electrons. The number of carbonyl (C=O) groups is 1. The van der Waals surface area contributed by atoms with Crippen LogP contribution in [0.15, 0.2) is 24.5 Å². The maximum Gasteiger partial charge on any atom is 0.251 e. The molecule has 4 rings (SSSR count). The van der Waals surface area contributed by atoms with Gasteiger partial charge in [0.2, 0.25) is 0 Å². The standard InChI is InChI=1S/C22H26ClN7O/c1-5-6-9-25-21(31)12-7-8-13-14(10-12)28-18(16(13)23)17-15-19(24)26-11-27-20(15)30(29-17)22(2,3)4/h7-8,10-11,28H,5-6,9H2,1-4H3,(H,25,31)(H2,24,26,27). The van der Waals surface area contributed by atoms with E-state index in [-0.39, 0.29) is 11.4 Å². The van der Waals surface area contributed by atoms with E-state index in [1.165, 1.54) is 6.33 Å². The number of aromatic nitrogens is 5. The number of aromatic amines is 1. The van der Waals surface area contributed by atoms with Crippen LogP contribution in [-0.4, -0.2) is 37.2 Å². The summed E-state index contributed by atoms with van der Waals surface area (Å²) in [5.41, 5.74) is 9.04. The number of halogens is 1. The molecule has 0 aliphatic heterocycles. The first-order chi connectivity index (χ1) is 14.7. The molecule has 0 aliphatic carbocycles. The zero-order chi connectivity index (χ0) is 22.3. The topological polar surface area (TPSA) is 115 Å². The highest BCUT2D eigenvalue weighted by Crippen LogP contribution is 2.39. The predicted molar refractivity (Wildman–Crippen MR) is 124 cm³/mol. The van der Waals surface area contributed by atoms with Gasteiger partial charge in [0.1, 0.15) is 17.8 Å². The molecule has 9 heteroatoms. The average molecular weight is 440 g/mol. The van der Waals surface area contributed by atoms with Crippen molar-refractivity contribution < 1.29 is 4.79 Å². The summed E-state index contributed by atoms with van der Waals surface area (Å²) in [6.45, 7) is 8.86. The molecule has 0 unspecified atom stereocenters. The Morgan fingerprint density at radius 2 is 2.06 bits per heavy atom. The Hall–Kier alpha value is -3.13.